The van der Waals surface area contributed by atoms with Crippen molar-refractivity contribution >= 4 is 11.7 Å². The first kappa shape index (κ1) is 12.0. The lowest BCUT2D eigenvalue weighted by atomic mass is 9.77. The number of fused-ring (bicyclic) bond motifs is 1. The Balaban J connectivity index is 2.13. The van der Waals surface area contributed by atoms with Crippen molar-refractivity contribution in [3.05, 3.63) is 29.3 Å². The van der Waals surface area contributed by atoms with Gasteiger partial charge in [0.2, 0.25) is 0 Å². The van der Waals surface area contributed by atoms with Crippen LogP contribution in [0.15, 0.2) is 18.2 Å². The molecule has 92 valence electrons. The van der Waals surface area contributed by atoms with Crippen molar-refractivity contribution in [3.8, 4) is 0 Å². The minimum absolute atomic E-state index is 0.0225. The van der Waals surface area contributed by atoms with Gasteiger partial charge in [0.05, 0.1) is 13.0 Å². The van der Waals surface area contributed by atoms with Crippen LogP contribution in [0, 0.1) is 11.8 Å². The normalized spacial score (nSPS) is 20.5. The van der Waals surface area contributed by atoms with Crippen molar-refractivity contribution in [1.29, 1.82) is 0 Å². The summed E-state index contributed by atoms with van der Waals surface area (Å²) < 4.78 is 4.81. The van der Waals surface area contributed by atoms with Crippen LogP contribution in [-0.4, -0.2) is 13.1 Å². The first-order chi connectivity index (χ1) is 8.11. The van der Waals surface area contributed by atoms with Gasteiger partial charge in [0.25, 0.3) is 0 Å². The second kappa shape index (κ2) is 4.78. The zero-order valence-electron chi connectivity index (χ0n) is 10.4. The fraction of sp³-hybridized carbons (Fsp3) is 0.500. The molecule has 1 aromatic rings. The Labute approximate surface area is 102 Å². The summed E-state index contributed by atoms with van der Waals surface area (Å²) in [5, 5.41) is 0. The van der Waals surface area contributed by atoms with Gasteiger partial charge in [-0.25, -0.2) is 0 Å². The zero-order valence-corrected chi connectivity index (χ0v) is 10.4. The van der Waals surface area contributed by atoms with Gasteiger partial charge in [0.15, 0.2) is 0 Å². The number of ether oxygens (including phenoxy) is 1. The van der Waals surface area contributed by atoms with Gasteiger partial charge in [-0.15, -0.1) is 0 Å². The van der Waals surface area contributed by atoms with Crippen LogP contribution in [0.2, 0.25) is 0 Å². The maximum Gasteiger partial charge on any atom is 0.308 e. The van der Waals surface area contributed by atoms with Crippen molar-refractivity contribution in [2.75, 3.05) is 12.8 Å². The third-order valence-electron chi connectivity index (χ3n) is 3.78. The molecule has 0 aliphatic heterocycles. The smallest absolute Gasteiger partial charge is 0.308 e. The lowest BCUT2D eigenvalue weighted by Gasteiger charge is -2.28. The van der Waals surface area contributed by atoms with E-state index >= 15 is 0 Å². The van der Waals surface area contributed by atoms with E-state index in [9.17, 15) is 4.79 Å². The second-order valence-corrected chi connectivity index (χ2v) is 4.84. The predicted molar refractivity (Wildman–Crippen MR) is 67.5 cm³/mol. The van der Waals surface area contributed by atoms with Gasteiger partial charge in [-0.3, -0.25) is 4.79 Å². The van der Waals surface area contributed by atoms with E-state index in [0.29, 0.717) is 5.92 Å². The van der Waals surface area contributed by atoms with Crippen molar-refractivity contribution in [3.63, 3.8) is 0 Å². The number of nitrogens with two attached hydrogens (primary N) is 1. The summed E-state index contributed by atoms with van der Waals surface area (Å²) in [6.45, 7) is 1.96. The maximum absolute atomic E-state index is 11.5. The summed E-state index contributed by atoms with van der Waals surface area (Å²) in [5.41, 5.74) is 9.25. The average molecular weight is 233 g/mol. The van der Waals surface area contributed by atoms with Crippen molar-refractivity contribution in [2.24, 2.45) is 11.8 Å². The lowest BCUT2D eigenvalue weighted by Crippen LogP contribution is -2.27. The van der Waals surface area contributed by atoms with Crippen LogP contribution in [0.4, 0.5) is 5.69 Å². The lowest BCUT2D eigenvalue weighted by molar-refractivity contribution is -0.146. The first-order valence-electron chi connectivity index (χ1n) is 6.07. The van der Waals surface area contributed by atoms with E-state index in [-0.39, 0.29) is 11.9 Å². The summed E-state index contributed by atoms with van der Waals surface area (Å²) in [7, 11) is 1.45. The van der Waals surface area contributed by atoms with Crippen LogP contribution in [0.5, 0.6) is 0 Å². The molecule has 0 amide bonds. The number of rotatable bonds is 2. The number of methoxy groups -OCH3 is 1. The van der Waals surface area contributed by atoms with E-state index in [2.05, 4.69) is 6.07 Å². The van der Waals surface area contributed by atoms with E-state index < -0.39 is 0 Å². The van der Waals surface area contributed by atoms with E-state index in [1.165, 1.54) is 18.2 Å². The Morgan fingerprint density at radius 1 is 1.47 bits per heavy atom. The number of aryl methyl sites for hydroxylation is 1. The third-order valence-corrected chi connectivity index (χ3v) is 3.78. The number of carbonyl (C=O) groups excluding carboxylic acids is 1. The fourth-order valence-corrected chi connectivity index (χ4v) is 2.61. The fourth-order valence-electron chi connectivity index (χ4n) is 2.61. The molecule has 1 aliphatic rings. The van der Waals surface area contributed by atoms with E-state index in [0.717, 1.165) is 24.9 Å². The van der Waals surface area contributed by atoms with Crippen molar-refractivity contribution in [1.82, 2.24) is 0 Å². The number of esters is 1. The summed E-state index contributed by atoms with van der Waals surface area (Å²) in [6.07, 6.45) is 2.99. The average Bonchev–Trinajstić information content (AvgIpc) is 2.36. The number of carbonyl (C=O) groups is 1. The molecule has 2 rings (SSSR count). The van der Waals surface area contributed by atoms with Gasteiger partial charge in [0, 0.05) is 5.69 Å². The molecular weight excluding hydrogens is 214 g/mol. The number of anilines is 1. The molecule has 2 atom stereocenters. The molecule has 2 unspecified atom stereocenters. The summed E-state index contributed by atoms with van der Waals surface area (Å²) in [5.74, 6) is 0.262. The summed E-state index contributed by atoms with van der Waals surface area (Å²) in [6, 6.07) is 6.07. The molecule has 1 aromatic carbocycles. The van der Waals surface area contributed by atoms with Crippen molar-refractivity contribution in [2.45, 2.75) is 26.2 Å². The minimum Gasteiger partial charge on any atom is -0.469 e. The third kappa shape index (κ3) is 2.43. The van der Waals surface area contributed by atoms with Crippen LogP contribution >= 0.6 is 0 Å². The standard InChI is InChI=1S/C14H19NO2/c1-9(14(16)17-2)10-3-4-12-8-13(15)6-5-11(12)7-10/h5-6,8-10H,3-4,7,15H2,1-2H3. The number of hydrogen-bond donors (Lipinski definition) is 1. The van der Waals surface area contributed by atoms with Gasteiger partial charge < -0.3 is 10.5 Å². The topological polar surface area (TPSA) is 52.3 Å². The molecule has 1 aliphatic carbocycles. The molecule has 0 saturated heterocycles. The highest BCUT2D eigenvalue weighted by Crippen LogP contribution is 2.31. The molecule has 0 bridgehead atoms. The van der Waals surface area contributed by atoms with Crippen LogP contribution in [0.3, 0.4) is 0 Å². The quantitative estimate of drug-likeness (QED) is 0.629. The largest absolute Gasteiger partial charge is 0.469 e. The van der Waals surface area contributed by atoms with Gasteiger partial charge in [-0.05, 0) is 48.4 Å². The van der Waals surface area contributed by atoms with E-state index in [1.54, 1.807) is 0 Å². The van der Waals surface area contributed by atoms with Gasteiger partial charge in [0.1, 0.15) is 0 Å². The highest BCUT2D eigenvalue weighted by Gasteiger charge is 2.28. The van der Waals surface area contributed by atoms with E-state index in [1.807, 2.05) is 19.1 Å². The monoisotopic (exact) mass is 233 g/mol. The number of benzene rings is 1. The predicted octanol–water partition coefficient (Wildman–Crippen LogP) is 2.18. The molecule has 0 spiro atoms. The molecule has 0 aromatic heterocycles. The number of hydrogen-bond acceptors (Lipinski definition) is 3. The SMILES string of the molecule is COC(=O)C(C)C1CCc2cc(N)ccc2C1. The Hall–Kier alpha value is -1.51. The summed E-state index contributed by atoms with van der Waals surface area (Å²) >= 11 is 0. The number of nitrogen functional groups attached to an aromatic ring is 1. The Bertz CT molecular complexity index is 428. The highest BCUT2D eigenvalue weighted by atomic mass is 16.5. The molecule has 0 radical (unpaired) electrons. The Morgan fingerprint density at radius 2 is 2.24 bits per heavy atom. The van der Waals surface area contributed by atoms with Gasteiger partial charge >= 0.3 is 5.97 Å². The Morgan fingerprint density at radius 3 is 2.94 bits per heavy atom. The zero-order chi connectivity index (χ0) is 12.4. The molecule has 0 heterocycles. The van der Waals surface area contributed by atoms with Crippen LogP contribution < -0.4 is 5.73 Å². The molecule has 0 saturated carbocycles. The van der Waals surface area contributed by atoms with Crippen LogP contribution in [-0.2, 0) is 22.4 Å². The summed E-state index contributed by atoms with van der Waals surface area (Å²) in [4.78, 5) is 11.5. The molecule has 17 heavy (non-hydrogen) atoms. The minimum atomic E-state index is -0.103. The van der Waals surface area contributed by atoms with E-state index in [4.69, 9.17) is 10.5 Å². The molecular formula is C14H19NO2. The Kier molecular flexibility index (Phi) is 3.36. The molecule has 2 N–H and O–H groups in total. The first-order valence-corrected chi connectivity index (χ1v) is 6.07. The molecule has 3 heteroatoms. The van der Waals surface area contributed by atoms with Crippen LogP contribution in [0.1, 0.15) is 24.5 Å². The molecule has 0 fully saturated rings. The molecule has 3 nitrogen and oxygen atoms in total. The van der Waals surface area contributed by atoms with Gasteiger partial charge in [-0.2, -0.15) is 0 Å². The van der Waals surface area contributed by atoms with Crippen molar-refractivity contribution < 1.29 is 9.53 Å². The van der Waals surface area contributed by atoms with Gasteiger partial charge in [-0.1, -0.05) is 13.0 Å². The maximum atomic E-state index is 11.5. The second-order valence-electron chi connectivity index (χ2n) is 4.84. The highest BCUT2D eigenvalue weighted by molar-refractivity contribution is 5.72. The van der Waals surface area contributed by atoms with Crippen LogP contribution in [0.25, 0.3) is 0 Å².